The molecular formula is C27H22S. The molecule has 0 saturated heterocycles. The average molecular weight is 379 g/mol. The summed E-state index contributed by atoms with van der Waals surface area (Å²) >= 11 is 1.88. The molecule has 0 nitrogen and oxygen atoms in total. The maximum absolute atomic E-state index is 2.30. The first-order valence-corrected chi connectivity index (χ1v) is 10.5. The summed E-state index contributed by atoms with van der Waals surface area (Å²) < 4.78 is 0. The first-order chi connectivity index (χ1) is 13.7. The third kappa shape index (κ3) is 2.54. The summed E-state index contributed by atoms with van der Waals surface area (Å²) in [6.45, 7) is 4.31. The molecule has 0 atom stereocenters. The fourth-order valence-electron chi connectivity index (χ4n) is 4.39. The van der Waals surface area contributed by atoms with E-state index in [0.29, 0.717) is 0 Å². The van der Waals surface area contributed by atoms with Gasteiger partial charge in [-0.25, -0.2) is 0 Å². The lowest BCUT2D eigenvalue weighted by molar-refractivity contribution is 0.702. The SMILES string of the molecule is Cc1ccc(C2(c3ccc(C)cc3)c3ccccc3Sc3ccccc32)cc1. The van der Waals surface area contributed by atoms with Crippen molar-refractivity contribution in [2.75, 3.05) is 0 Å². The highest BCUT2D eigenvalue weighted by Crippen LogP contribution is 2.55. The number of hydrogen-bond acceptors (Lipinski definition) is 1. The molecule has 0 aromatic heterocycles. The Morgan fingerprint density at radius 1 is 0.500 bits per heavy atom. The van der Waals surface area contributed by atoms with Crippen LogP contribution in [0.2, 0.25) is 0 Å². The molecule has 4 aromatic rings. The van der Waals surface area contributed by atoms with Crippen LogP contribution in [0.1, 0.15) is 33.4 Å². The number of aryl methyl sites for hydroxylation is 2. The van der Waals surface area contributed by atoms with Crippen molar-refractivity contribution >= 4 is 11.8 Å². The van der Waals surface area contributed by atoms with E-state index in [9.17, 15) is 0 Å². The van der Waals surface area contributed by atoms with Crippen molar-refractivity contribution in [2.24, 2.45) is 0 Å². The van der Waals surface area contributed by atoms with Crippen LogP contribution < -0.4 is 0 Å². The zero-order valence-electron chi connectivity index (χ0n) is 16.1. The molecule has 1 aliphatic rings. The second kappa shape index (κ2) is 6.68. The predicted molar refractivity (Wildman–Crippen MR) is 118 cm³/mol. The molecule has 136 valence electrons. The molecule has 4 aromatic carbocycles. The Hall–Kier alpha value is -2.77. The van der Waals surface area contributed by atoms with Crippen LogP contribution in [-0.2, 0) is 5.41 Å². The van der Waals surface area contributed by atoms with Gasteiger partial charge in [0.05, 0.1) is 5.41 Å². The first kappa shape index (κ1) is 17.3. The Morgan fingerprint density at radius 2 is 0.893 bits per heavy atom. The summed E-state index contributed by atoms with van der Waals surface area (Å²) in [5.74, 6) is 0. The van der Waals surface area contributed by atoms with E-state index < -0.39 is 0 Å². The van der Waals surface area contributed by atoms with Crippen molar-refractivity contribution in [3.63, 3.8) is 0 Å². The van der Waals surface area contributed by atoms with Gasteiger partial charge in [0.15, 0.2) is 0 Å². The third-order valence-corrected chi connectivity index (χ3v) is 6.92. The molecule has 0 fully saturated rings. The van der Waals surface area contributed by atoms with Gasteiger partial charge in [0.1, 0.15) is 0 Å². The molecule has 1 aliphatic heterocycles. The maximum Gasteiger partial charge on any atom is 0.0723 e. The lowest BCUT2D eigenvalue weighted by atomic mass is 9.64. The van der Waals surface area contributed by atoms with Crippen LogP contribution >= 0.6 is 11.8 Å². The van der Waals surface area contributed by atoms with E-state index in [1.807, 2.05) is 11.8 Å². The highest BCUT2D eigenvalue weighted by Gasteiger charge is 2.43. The van der Waals surface area contributed by atoms with Gasteiger partial charge in [-0.15, -0.1) is 0 Å². The summed E-state index contributed by atoms with van der Waals surface area (Å²) in [5.41, 5.74) is 7.64. The zero-order chi connectivity index (χ0) is 19.1. The second-order valence-corrected chi connectivity index (χ2v) is 8.66. The fourth-order valence-corrected chi connectivity index (χ4v) is 5.58. The first-order valence-electron chi connectivity index (χ1n) is 9.71. The van der Waals surface area contributed by atoms with E-state index in [0.717, 1.165) is 0 Å². The zero-order valence-corrected chi connectivity index (χ0v) is 17.0. The summed E-state index contributed by atoms with van der Waals surface area (Å²) in [6, 6.07) is 35.9. The minimum absolute atomic E-state index is 0.306. The summed E-state index contributed by atoms with van der Waals surface area (Å²) in [7, 11) is 0. The predicted octanol–water partition coefficient (Wildman–Crippen LogP) is 7.15. The molecule has 0 radical (unpaired) electrons. The van der Waals surface area contributed by atoms with Crippen LogP contribution in [0.4, 0.5) is 0 Å². The lowest BCUT2D eigenvalue weighted by Gasteiger charge is -2.42. The van der Waals surface area contributed by atoms with Crippen molar-refractivity contribution in [3.05, 3.63) is 130 Å². The number of rotatable bonds is 2. The highest BCUT2D eigenvalue weighted by atomic mass is 32.2. The van der Waals surface area contributed by atoms with Gasteiger partial charge < -0.3 is 0 Å². The van der Waals surface area contributed by atoms with E-state index in [1.54, 1.807) is 0 Å². The Kier molecular flexibility index (Phi) is 4.14. The Labute approximate surface area is 171 Å². The molecular weight excluding hydrogens is 356 g/mol. The summed E-state index contributed by atoms with van der Waals surface area (Å²) in [4.78, 5) is 2.67. The van der Waals surface area contributed by atoms with Crippen LogP contribution in [0.25, 0.3) is 0 Å². The number of benzene rings is 4. The highest BCUT2D eigenvalue weighted by molar-refractivity contribution is 7.99. The Bertz CT molecular complexity index is 1040. The average Bonchev–Trinajstić information content (AvgIpc) is 2.73. The largest absolute Gasteiger partial charge is 0.0894 e. The molecule has 28 heavy (non-hydrogen) atoms. The van der Waals surface area contributed by atoms with Crippen molar-refractivity contribution in [2.45, 2.75) is 29.1 Å². The van der Waals surface area contributed by atoms with E-state index in [1.165, 1.54) is 43.2 Å². The standard InChI is InChI=1S/C27H22S/c1-19-11-15-21(16-12-19)27(22-17-13-20(2)14-18-22)23-7-3-5-9-25(23)28-26-10-6-4-8-24(26)27/h3-18H,1-2H3. The molecule has 0 aliphatic carbocycles. The molecule has 1 heterocycles. The Balaban J connectivity index is 1.94. The van der Waals surface area contributed by atoms with Gasteiger partial charge in [-0.3, -0.25) is 0 Å². The van der Waals surface area contributed by atoms with Gasteiger partial charge in [0.25, 0.3) is 0 Å². The third-order valence-electron chi connectivity index (χ3n) is 5.77. The van der Waals surface area contributed by atoms with Gasteiger partial charge in [0.2, 0.25) is 0 Å². The number of hydrogen-bond donors (Lipinski definition) is 0. The molecule has 0 N–H and O–H groups in total. The van der Waals surface area contributed by atoms with Crippen LogP contribution in [0.3, 0.4) is 0 Å². The van der Waals surface area contributed by atoms with Crippen molar-refractivity contribution < 1.29 is 0 Å². The van der Waals surface area contributed by atoms with Gasteiger partial charge >= 0.3 is 0 Å². The molecule has 5 rings (SSSR count). The van der Waals surface area contributed by atoms with Crippen LogP contribution in [0.5, 0.6) is 0 Å². The van der Waals surface area contributed by atoms with Crippen LogP contribution in [0.15, 0.2) is 107 Å². The molecule has 0 spiro atoms. The monoisotopic (exact) mass is 378 g/mol. The van der Waals surface area contributed by atoms with E-state index >= 15 is 0 Å². The van der Waals surface area contributed by atoms with Crippen LogP contribution in [0, 0.1) is 13.8 Å². The molecule has 0 saturated carbocycles. The quantitative estimate of drug-likeness (QED) is 0.314. The maximum atomic E-state index is 2.30. The smallest absolute Gasteiger partial charge is 0.0723 e. The molecule has 0 amide bonds. The second-order valence-electron chi connectivity index (χ2n) is 7.58. The minimum atomic E-state index is -0.306. The Morgan fingerprint density at radius 3 is 1.32 bits per heavy atom. The molecule has 0 unspecified atom stereocenters. The van der Waals surface area contributed by atoms with Crippen molar-refractivity contribution in [3.8, 4) is 0 Å². The topological polar surface area (TPSA) is 0 Å². The lowest BCUT2D eigenvalue weighted by Crippen LogP contribution is -2.34. The molecule has 0 bridgehead atoms. The van der Waals surface area contributed by atoms with Crippen molar-refractivity contribution in [1.82, 2.24) is 0 Å². The van der Waals surface area contributed by atoms with Gasteiger partial charge in [-0.1, -0.05) is 108 Å². The van der Waals surface area contributed by atoms with Gasteiger partial charge in [-0.2, -0.15) is 0 Å². The molecule has 1 heteroatoms. The summed E-state index contributed by atoms with van der Waals surface area (Å²) in [6.07, 6.45) is 0. The normalized spacial score (nSPS) is 14.2. The fraction of sp³-hybridized carbons (Fsp3) is 0.111. The minimum Gasteiger partial charge on any atom is -0.0894 e. The van der Waals surface area contributed by atoms with Gasteiger partial charge in [-0.05, 0) is 48.2 Å². The van der Waals surface area contributed by atoms with Crippen molar-refractivity contribution in [1.29, 1.82) is 0 Å². The summed E-state index contributed by atoms with van der Waals surface area (Å²) in [5, 5.41) is 0. The van der Waals surface area contributed by atoms with Gasteiger partial charge in [0, 0.05) is 9.79 Å². The van der Waals surface area contributed by atoms with E-state index in [-0.39, 0.29) is 5.41 Å². The van der Waals surface area contributed by atoms with E-state index in [2.05, 4.69) is 111 Å². The number of fused-ring (bicyclic) bond motifs is 2. The van der Waals surface area contributed by atoms with Crippen LogP contribution in [-0.4, -0.2) is 0 Å². The van der Waals surface area contributed by atoms with E-state index in [4.69, 9.17) is 0 Å².